The highest BCUT2D eigenvalue weighted by molar-refractivity contribution is 7.89. The van der Waals surface area contributed by atoms with Crippen molar-refractivity contribution in [3.8, 4) is 0 Å². The summed E-state index contributed by atoms with van der Waals surface area (Å²) in [6.45, 7) is 1.85. The molecule has 12 heavy (non-hydrogen) atoms. The van der Waals surface area contributed by atoms with Gasteiger partial charge < -0.3 is 0 Å². The zero-order valence-corrected chi connectivity index (χ0v) is 8.66. The maximum absolute atomic E-state index is 11.2. The molecule has 0 spiro atoms. The maximum Gasteiger partial charge on any atom is 0.211 e. The summed E-state index contributed by atoms with van der Waals surface area (Å²) in [6.07, 6.45) is 2.20. The minimum atomic E-state index is -3.02. The predicted molar refractivity (Wildman–Crippen MR) is 49.9 cm³/mol. The van der Waals surface area contributed by atoms with Crippen LogP contribution in [0.25, 0.3) is 0 Å². The molecule has 0 radical (unpaired) electrons. The Balaban J connectivity index is 2.31. The Labute approximate surface area is 78.5 Å². The van der Waals surface area contributed by atoms with Gasteiger partial charge in [0.15, 0.2) is 0 Å². The molecule has 72 valence electrons. The van der Waals surface area contributed by atoms with Crippen LogP contribution in [0.1, 0.15) is 26.2 Å². The SMILES string of the molecule is CCCS(=O)(=O)NC1CC(Cl)C1. The summed E-state index contributed by atoms with van der Waals surface area (Å²) in [6, 6.07) is 0.0871. The van der Waals surface area contributed by atoms with E-state index in [0.29, 0.717) is 6.42 Å². The average Bonchev–Trinajstić information content (AvgIpc) is 1.83. The Morgan fingerprint density at radius 2 is 2.08 bits per heavy atom. The molecule has 0 unspecified atom stereocenters. The molecule has 3 nitrogen and oxygen atoms in total. The topological polar surface area (TPSA) is 46.2 Å². The maximum atomic E-state index is 11.2. The molecular formula is C7H14ClNO2S. The van der Waals surface area contributed by atoms with Crippen molar-refractivity contribution in [1.29, 1.82) is 0 Å². The summed E-state index contributed by atoms with van der Waals surface area (Å²) >= 11 is 5.71. The van der Waals surface area contributed by atoms with E-state index >= 15 is 0 Å². The summed E-state index contributed by atoms with van der Waals surface area (Å²) in [5.41, 5.74) is 0. The van der Waals surface area contributed by atoms with Gasteiger partial charge in [-0.15, -0.1) is 11.6 Å². The van der Waals surface area contributed by atoms with Crippen LogP contribution >= 0.6 is 11.6 Å². The molecule has 1 N–H and O–H groups in total. The third-order valence-electron chi connectivity index (χ3n) is 1.90. The van der Waals surface area contributed by atoms with Crippen LogP contribution < -0.4 is 4.72 Å². The highest BCUT2D eigenvalue weighted by Gasteiger charge is 2.30. The van der Waals surface area contributed by atoms with Crippen molar-refractivity contribution in [2.45, 2.75) is 37.6 Å². The van der Waals surface area contributed by atoms with Crippen LogP contribution in [0.3, 0.4) is 0 Å². The zero-order chi connectivity index (χ0) is 9.19. The molecule has 1 rings (SSSR count). The van der Waals surface area contributed by atoms with Crippen molar-refractivity contribution in [1.82, 2.24) is 4.72 Å². The van der Waals surface area contributed by atoms with Crippen LogP contribution in [0.4, 0.5) is 0 Å². The number of hydrogen-bond acceptors (Lipinski definition) is 2. The molecule has 1 aliphatic carbocycles. The van der Waals surface area contributed by atoms with Crippen LogP contribution in [-0.2, 0) is 10.0 Å². The number of rotatable bonds is 4. The standard InChI is InChI=1S/C7H14ClNO2S/c1-2-3-12(10,11)9-7-4-6(8)5-7/h6-7,9H,2-5H2,1H3. The molecule has 1 aliphatic rings. The van der Waals surface area contributed by atoms with Crippen molar-refractivity contribution in [3.63, 3.8) is 0 Å². The quantitative estimate of drug-likeness (QED) is 0.708. The highest BCUT2D eigenvalue weighted by atomic mass is 35.5. The molecule has 0 saturated heterocycles. The van der Waals surface area contributed by atoms with Crippen LogP contribution in [0.5, 0.6) is 0 Å². The van der Waals surface area contributed by atoms with E-state index in [4.69, 9.17) is 11.6 Å². The van der Waals surface area contributed by atoms with Gasteiger partial charge in [0.05, 0.1) is 5.75 Å². The molecule has 1 saturated carbocycles. The first-order valence-corrected chi connectivity index (χ1v) is 6.26. The first-order valence-electron chi connectivity index (χ1n) is 4.17. The molecular weight excluding hydrogens is 198 g/mol. The van der Waals surface area contributed by atoms with E-state index in [0.717, 1.165) is 12.8 Å². The smallest absolute Gasteiger partial charge is 0.211 e. The van der Waals surface area contributed by atoms with Gasteiger partial charge in [0.25, 0.3) is 0 Å². The third kappa shape index (κ3) is 2.92. The van der Waals surface area contributed by atoms with Crippen molar-refractivity contribution in [2.75, 3.05) is 5.75 Å². The lowest BCUT2D eigenvalue weighted by molar-refractivity contribution is 0.391. The number of sulfonamides is 1. The molecule has 0 aliphatic heterocycles. The molecule has 0 amide bonds. The monoisotopic (exact) mass is 211 g/mol. The minimum absolute atomic E-state index is 0.0871. The Morgan fingerprint density at radius 1 is 1.50 bits per heavy atom. The van der Waals surface area contributed by atoms with E-state index in [1.165, 1.54) is 0 Å². The van der Waals surface area contributed by atoms with E-state index in [9.17, 15) is 8.42 Å². The number of hydrogen-bond donors (Lipinski definition) is 1. The van der Waals surface area contributed by atoms with Crippen LogP contribution in [0, 0.1) is 0 Å². The van der Waals surface area contributed by atoms with Gasteiger partial charge >= 0.3 is 0 Å². The zero-order valence-electron chi connectivity index (χ0n) is 7.09. The summed E-state index contributed by atoms with van der Waals surface area (Å²) in [5, 5.41) is 0.166. The molecule has 0 bridgehead atoms. The second kappa shape index (κ2) is 3.94. The fraction of sp³-hybridized carbons (Fsp3) is 1.00. The van der Waals surface area contributed by atoms with E-state index in [2.05, 4.69) is 4.72 Å². The van der Waals surface area contributed by atoms with Crippen molar-refractivity contribution in [3.05, 3.63) is 0 Å². The van der Waals surface area contributed by atoms with Crippen molar-refractivity contribution < 1.29 is 8.42 Å². The number of alkyl halides is 1. The minimum Gasteiger partial charge on any atom is -0.212 e. The van der Waals surface area contributed by atoms with Gasteiger partial charge in [-0.3, -0.25) is 0 Å². The summed E-state index contributed by atoms with van der Waals surface area (Å²) in [5.74, 6) is 0.219. The molecule has 0 aromatic heterocycles. The lowest BCUT2D eigenvalue weighted by Crippen LogP contribution is -2.45. The first kappa shape index (κ1) is 10.3. The second-order valence-electron chi connectivity index (χ2n) is 3.20. The Bertz CT molecular complexity index is 234. The van der Waals surface area contributed by atoms with E-state index < -0.39 is 10.0 Å². The Morgan fingerprint density at radius 3 is 2.50 bits per heavy atom. The molecule has 0 aromatic rings. The fourth-order valence-electron chi connectivity index (χ4n) is 1.23. The van der Waals surface area contributed by atoms with Gasteiger partial charge in [-0.05, 0) is 19.3 Å². The van der Waals surface area contributed by atoms with Crippen molar-refractivity contribution >= 4 is 21.6 Å². The van der Waals surface area contributed by atoms with Crippen LogP contribution in [-0.4, -0.2) is 25.6 Å². The van der Waals surface area contributed by atoms with Crippen molar-refractivity contribution in [2.24, 2.45) is 0 Å². The lowest BCUT2D eigenvalue weighted by Gasteiger charge is -2.31. The van der Waals surface area contributed by atoms with Gasteiger partial charge in [-0.2, -0.15) is 0 Å². The first-order chi connectivity index (χ1) is 5.53. The molecule has 5 heteroatoms. The van der Waals surface area contributed by atoms with Gasteiger partial charge in [0, 0.05) is 11.4 Å². The molecule has 0 heterocycles. The predicted octanol–water partition coefficient (Wildman–Crippen LogP) is 1.09. The van der Waals surface area contributed by atoms with Crippen LogP contribution in [0.15, 0.2) is 0 Å². The lowest BCUT2D eigenvalue weighted by atomic mass is 9.94. The normalized spacial score (nSPS) is 29.8. The Hall–Kier alpha value is 0.200. The molecule has 0 atom stereocenters. The summed E-state index contributed by atoms with van der Waals surface area (Å²) in [7, 11) is -3.02. The van der Waals surface area contributed by atoms with Gasteiger partial charge in [0.1, 0.15) is 0 Å². The summed E-state index contributed by atoms with van der Waals surface area (Å²) in [4.78, 5) is 0. The van der Waals surface area contributed by atoms with E-state index in [1.54, 1.807) is 0 Å². The number of halogens is 1. The van der Waals surface area contributed by atoms with Crippen LogP contribution in [0.2, 0.25) is 0 Å². The average molecular weight is 212 g/mol. The second-order valence-corrected chi connectivity index (χ2v) is 5.69. The summed E-state index contributed by atoms with van der Waals surface area (Å²) < 4.78 is 25.0. The molecule has 0 aromatic carbocycles. The van der Waals surface area contributed by atoms with Gasteiger partial charge in [0.2, 0.25) is 10.0 Å². The third-order valence-corrected chi connectivity index (χ3v) is 3.89. The van der Waals surface area contributed by atoms with E-state index in [1.807, 2.05) is 6.92 Å². The molecule has 1 fully saturated rings. The fourth-order valence-corrected chi connectivity index (χ4v) is 3.01. The highest BCUT2D eigenvalue weighted by Crippen LogP contribution is 2.25. The van der Waals surface area contributed by atoms with E-state index in [-0.39, 0.29) is 17.2 Å². The van der Waals surface area contributed by atoms with Gasteiger partial charge in [-0.1, -0.05) is 6.92 Å². The Kier molecular flexibility index (Phi) is 3.37. The number of nitrogens with one attached hydrogen (secondary N) is 1. The van der Waals surface area contributed by atoms with Gasteiger partial charge in [-0.25, -0.2) is 13.1 Å². The largest absolute Gasteiger partial charge is 0.212 e.